The molecule has 0 radical (unpaired) electrons. The van der Waals surface area contributed by atoms with Gasteiger partial charge in [-0.25, -0.2) is 0 Å². The molecule has 1 aromatic rings. The van der Waals surface area contributed by atoms with Crippen LogP contribution in [-0.4, -0.2) is 24.1 Å². The van der Waals surface area contributed by atoms with Crippen LogP contribution in [0.2, 0.25) is 0 Å². The summed E-state index contributed by atoms with van der Waals surface area (Å²) >= 11 is 3.44. The molecular formula is C11H14BrN3O. The molecule has 1 aliphatic heterocycles. The number of nitrogens with two attached hydrogens (primary N) is 1. The quantitative estimate of drug-likeness (QED) is 0.378. The van der Waals surface area contributed by atoms with Crippen molar-refractivity contribution in [1.29, 1.82) is 0 Å². The number of oxime groups is 1. The van der Waals surface area contributed by atoms with Gasteiger partial charge in [0.2, 0.25) is 0 Å². The molecule has 86 valence electrons. The van der Waals surface area contributed by atoms with E-state index in [0.29, 0.717) is 0 Å². The molecule has 0 aliphatic carbocycles. The van der Waals surface area contributed by atoms with E-state index in [1.807, 2.05) is 18.2 Å². The number of anilines is 1. The first-order valence-corrected chi connectivity index (χ1v) is 6.04. The lowest BCUT2D eigenvalue weighted by Gasteiger charge is -2.21. The van der Waals surface area contributed by atoms with Crippen LogP contribution in [0, 0.1) is 0 Å². The summed E-state index contributed by atoms with van der Waals surface area (Å²) in [6.45, 7) is 2.06. The minimum atomic E-state index is 0.148. The molecule has 1 heterocycles. The number of hydrogen-bond donors (Lipinski definition) is 2. The molecule has 0 unspecified atom stereocenters. The zero-order valence-electron chi connectivity index (χ0n) is 8.86. The van der Waals surface area contributed by atoms with E-state index in [4.69, 9.17) is 10.9 Å². The summed E-state index contributed by atoms with van der Waals surface area (Å²) in [7, 11) is 0. The van der Waals surface area contributed by atoms with Gasteiger partial charge < -0.3 is 15.8 Å². The molecule has 0 atom stereocenters. The molecule has 16 heavy (non-hydrogen) atoms. The summed E-state index contributed by atoms with van der Waals surface area (Å²) in [5, 5.41) is 11.9. The fourth-order valence-electron chi connectivity index (χ4n) is 2.04. The highest BCUT2D eigenvalue weighted by molar-refractivity contribution is 9.10. The lowest BCUT2D eigenvalue weighted by molar-refractivity contribution is 0.318. The Morgan fingerprint density at radius 2 is 2.06 bits per heavy atom. The molecule has 1 saturated heterocycles. The molecule has 1 fully saturated rings. The predicted molar refractivity (Wildman–Crippen MR) is 68.1 cm³/mol. The van der Waals surface area contributed by atoms with E-state index in [-0.39, 0.29) is 5.84 Å². The van der Waals surface area contributed by atoms with Gasteiger partial charge in [0.1, 0.15) is 0 Å². The summed E-state index contributed by atoms with van der Waals surface area (Å²) in [6.07, 6.45) is 2.39. The van der Waals surface area contributed by atoms with Gasteiger partial charge in [0.05, 0.1) is 5.56 Å². The third-order valence-corrected chi connectivity index (χ3v) is 3.46. The smallest absolute Gasteiger partial charge is 0.173 e. The van der Waals surface area contributed by atoms with Crippen molar-refractivity contribution in [3.63, 3.8) is 0 Å². The standard InChI is InChI=1S/C11H14BrN3O/c12-8-4-3-5-9(10(8)11(13)14-16)15-6-1-2-7-15/h3-5,16H,1-2,6-7H2,(H2,13,14). The average molecular weight is 284 g/mol. The molecule has 1 aromatic carbocycles. The van der Waals surface area contributed by atoms with Crippen molar-refractivity contribution in [2.24, 2.45) is 10.9 Å². The van der Waals surface area contributed by atoms with Crippen molar-refractivity contribution in [2.45, 2.75) is 12.8 Å². The second-order valence-electron chi connectivity index (χ2n) is 3.81. The van der Waals surface area contributed by atoms with E-state index in [9.17, 15) is 0 Å². The molecule has 4 nitrogen and oxygen atoms in total. The van der Waals surface area contributed by atoms with Gasteiger partial charge in [-0.3, -0.25) is 0 Å². The number of rotatable bonds is 2. The van der Waals surface area contributed by atoms with Crippen LogP contribution in [0.25, 0.3) is 0 Å². The maximum Gasteiger partial charge on any atom is 0.173 e. The van der Waals surface area contributed by atoms with Gasteiger partial charge in [0.15, 0.2) is 5.84 Å². The molecule has 1 aliphatic rings. The molecule has 0 amide bonds. The minimum absolute atomic E-state index is 0.148. The number of nitrogens with zero attached hydrogens (tertiary/aromatic N) is 2. The Labute approximate surface area is 103 Å². The average Bonchev–Trinajstić information content (AvgIpc) is 2.81. The maximum absolute atomic E-state index is 8.80. The van der Waals surface area contributed by atoms with Gasteiger partial charge in [-0.1, -0.05) is 11.2 Å². The number of benzene rings is 1. The van der Waals surface area contributed by atoms with Crippen LogP contribution in [0.15, 0.2) is 27.8 Å². The maximum atomic E-state index is 8.80. The van der Waals surface area contributed by atoms with Gasteiger partial charge in [-0.05, 0) is 40.9 Å². The topological polar surface area (TPSA) is 61.9 Å². The van der Waals surface area contributed by atoms with Crippen molar-refractivity contribution in [3.8, 4) is 0 Å². The fourth-order valence-corrected chi connectivity index (χ4v) is 2.60. The summed E-state index contributed by atoms with van der Waals surface area (Å²) < 4.78 is 0.854. The number of halogens is 1. The lowest BCUT2D eigenvalue weighted by Crippen LogP contribution is -2.24. The molecule has 5 heteroatoms. The van der Waals surface area contributed by atoms with Gasteiger partial charge in [-0.15, -0.1) is 0 Å². The van der Waals surface area contributed by atoms with Crippen molar-refractivity contribution >= 4 is 27.5 Å². The summed E-state index contributed by atoms with van der Waals surface area (Å²) in [5.74, 6) is 0.148. The second kappa shape index (κ2) is 4.74. The summed E-state index contributed by atoms with van der Waals surface area (Å²) in [6, 6.07) is 5.86. The third-order valence-electron chi connectivity index (χ3n) is 2.80. The van der Waals surface area contributed by atoms with Crippen LogP contribution in [0.3, 0.4) is 0 Å². The van der Waals surface area contributed by atoms with Gasteiger partial charge >= 0.3 is 0 Å². The lowest BCUT2D eigenvalue weighted by atomic mass is 10.1. The van der Waals surface area contributed by atoms with E-state index < -0.39 is 0 Å². The van der Waals surface area contributed by atoms with E-state index in [0.717, 1.165) is 28.8 Å². The predicted octanol–water partition coefficient (Wildman–Crippen LogP) is 2.14. The van der Waals surface area contributed by atoms with Crippen LogP contribution in [0.4, 0.5) is 5.69 Å². The van der Waals surface area contributed by atoms with Crippen molar-refractivity contribution < 1.29 is 5.21 Å². The summed E-state index contributed by atoms with van der Waals surface area (Å²) in [4.78, 5) is 2.26. The van der Waals surface area contributed by atoms with Crippen LogP contribution >= 0.6 is 15.9 Å². The third kappa shape index (κ3) is 2.00. The highest BCUT2D eigenvalue weighted by Gasteiger charge is 2.19. The Morgan fingerprint density at radius 3 is 2.69 bits per heavy atom. The van der Waals surface area contributed by atoms with E-state index in [1.165, 1.54) is 12.8 Å². The van der Waals surface area contributed by atoms with Crippen molar-refractivity contribution in [1.82, 2.24) is 0 Å². The SMILES string of the molecule is N/C(=N/O)c1c(Br)cccc1N1CCCC1. The zero-order valence-corrected chi connectivity index (χ0v) is 10.4. The highest BCUT2D eigenvalue weighted by Crippen LogP contribution is 2.29. The van der Waals surface area contributed by atoms with E-state index in [1.54, 1.807) is 0 Å². The van der Waals surface area contributed by atoms with Gasteiger partial charge in [0, 0.05) is 23.2 Å². The highest BCUT2D eigenvalue weighted by atomic mass is 79.9. The summed E-state index contributed by atoms with van der Waals surface area (Å²) in [5.41, 5.74) is 7.51. The monoisotopic (exact) mass is 283 g/mol. The van der Waals surface area contributed by atoms with Crippen molar-refractivity contribution in [3.05, 3.63) is 28.2 Å². The number of hydrogen-bond acceptors (Lipinski definition) is 3. The van der Waals surface area contributed by atoms with Gasteiger partial charge in [0.25, 0.3) is 0 Å². The first-order valence-electron chi connectivity index (χ1n) is 5.25. The van der Waals surface area contributed by atoms with Crippen LogP contribution in [-0.2, 0) is 0 Å². The van der Waals surface area contributed by atoms with E-state index >= 15 is 0 Å². The molecule has 3 N–H and O–H groups in total. The normalized spacial score (nSPS) is 16.8. The Bertz CT molecular complexity index is 414. The molecule has 0 bridgehead atoms. The minimum Gasteiger partial charge on any atom is -0.409 e. The first-order chi connectivity index (χ1) is 7.74. The van der Waals surface area contributed by atoms with Gasteiger partial charge in [-0.2, -0.15) is 0 Å². The Kier molecular flexibility index (Phi) is 3.33. The first kappa shape index (κ1) is 11.3. The molecular weight excluding hydrogens is 270 g/mol. The Balaban J connectivity index is 2.47. The molecule has 0 saturated carbocycles. The Morgan fingerprint density at radius 1 is 1.38 bits per heavy atom. The molecule has 2 rings (SSSR count). The van der Waals surface area contributed by atoms with Crippen LogP contribution < -0.4 is 10.6 Å². The Hall–Kier alpha value is -1.23. The zero-order chi connectivity index (χ0) is 11.5. The molecule has 0 aromatic heterocycles. The number of amidine groups is 1. The van der Waals surface area contributed by atoms with E-state index in [2.05, 4.69) is 26.0 Å². The second-order valence-corrected chi connectivity index (χ2v) is 4.67. The van der Waals surface area contributed by atoms with Crippen LogP contribution in [0.1, 0.15) is 18.4 Å². The molecule has 0 spiro atoms. The fraction of sp³-hybridized carbons (Fsp3) is 0.364. The largest absolute Gasteiger partial charge is 0.409 e. The van der Waals surface area contributed by atoms with Crippen molar-refractivity contribution in [2.75, 3.05) is 18.0 Å². The van der Waals surface area contributed by atoms with Crippen LogP contribution in [0.5, 0.6) is 0 Å².